The standard InChI is InChI=1S/C17H15ClFN3O4S/c18-16-15(2-1-5-21-16)27(24,25)22-8-17(9-22,10-23)11-26-13-4-3-12(7-20)14(19)6-13/h1-6,23H,8-11H2. The van der Waals surface area contributed by atoms with E-state index >= 15 is 0 Å². The molecule has 1 aromatic heterocycles. The summed E-state index contributed by atoms with van der Waals surface area (Å²) in [5.41, 5.74) is -0.917. The summed E-state index contributed by atoms with van der Waals surface area (Å²) < 4.78 is 45.6. The average Bonchev–Trinajstić information content (AvgIpc) is 2.61. The third-order valence-electron chi connectivity index (χ3n) is 4.31. The lowest BCUT2D eigenvalue weighted by Gasteiger charge is -2.47. The number of nitriles is 1. The summed E-state index contributed by atoms with van der Waals surface area (Å²) in [7, 11) is -3.84. The van der Waals surface area contributed by atoms with Crippen LogP contribution < -0.4 is 4.74 Å². The molecule has 7 nitrogen and oxygen atoms in total. The van der Waals surface area contributed by atoms with Crippen LogP contribution in [0, 0.1) is 22.6 Å². The minimum Gasteiger partial charge on any atom is -0.493 e. The number of aromatic nitrogens is 1. The van der Waals surface area contributed by atoms with Gasteiger partial charge in [0.15, 0.2) is 0 Å². The molecule has 10 heteroatoms. The molecule has 1 aliphatic heterocycles. The van der Waals surface area contributed by atoms with Gasteiger partial charge in [-0.05, 0) is 24.3 Å². The fraction of sp³-hybridized carbons (Fsp3) is 0.294. The summed E-state index contributed by atoms with van der Waals surface area (Å²) in [6.45, 7) is -0.272. The maximum atomic E-state index is 13.6. The van der Waals surface area contributed by atoms with Crippen molar-refractivity contribution in [2.45, 2.75) is 4.90 Å². The largest absolute Gasteiger partial charge is 0.493 e. The van der Waals surface area contributed by atoms with E-state index < -0.39 is 21.3 Å². The van der Waals surface area contributed by atoms with Crippen molar-refractivity contribution < 1.29 is 22.7 Å². The first kappa shape index (κ1) is 19.5. The van der Waals surface area contributed by atoms with Crippen molar-refractivity contribution >= 4 is 21.6 Å². The smallest absolute Gasteiger partial charge is 0.246 e. The van der Waals surface area contributed by atoms with Crippen molar-refractivity contribution in [1.82, 2.24) is 9.29 Å². The van der Waals surface area contributed by atoms with Gasteiger partial charge in [-0.25, -0.2) is 17.8 Å². The van der Waals surface area contributed by atoms with Crippen LogP contribution in [0.5, 0.6) is 5.75 Å². The second kappa shape index (κ2) is 7.40. The third kappa shape index (κ3) is 3.75. The van der Waals surface area contributed by atoms with E-state index in [0.717, 1.165) is 6.07 Å². The molecular formula is C17H15ClFN3O4S. The molecule has 1 saturated heterocycles. The maximum absolute atomic E-state index is 13.6. The van der Waals surface area contributed by atoms with Crippen molar-refractivity contribution in [1.29, 1.82) is 5.26 Å². The Morgan fingerprint density at radius 2 is 2.15 bits per heavy atom. The molecule has 142 valence electrons. The van der Waals surface area contributed by atoms with Crippen molar-refractivity contribution in [2.75, 3.05) is 26.3 Å². The molecule has 0 unspecified atom stereocenters. The van der Waals surface area contributed by atoms with Crippen molar-refractivity contribution in [3.63, 3.8) is 0 Å². The Morgan fingerprint density at radius 3 is 2.74 bits per heavy atom. The minimum atomic E-state index is -3.84. The molecule has 0 amide bonds. The number of nitrogens with zero attached hydrogens (tertiary/aromatic N) is 3. The zero-order valence-electron chi connectivity index (χ0n) is 14.0. The van der Waals surface area contributed by atoms with Gasteiger partial charge in [0.2, 0.25) is 10.0 Å². The zero-order chi connectivity index (χ0) is 19.7. The summed E-state index contributed by atoms with van der Waals surface area (Å²) in [5.74, 6) is -0.520. The maximum Gasteiger partial charge on any atom is 0.246 e. The van der Waals surface area contributed by atoms with E-state index in [9.17, 15) is 17.9 Å². The molecule has 0 spiro atoms. The van der Waals surface area contributed by atoms with Crippen LogP contribution in [-0.4, -0.2) is 49.1 Å². The molecule has 27 heavy (non-hydrogen) atoms. The molecule has 1 N–H and O–H groups in total. The quantitative estimate of drug-likeness (QED) is 0.727. The van der Waals surface area contributed by atoms with Gasteiger partial charge in [-0.2, -0.15) is 9.57 Å². The van der Waals surface area contributed by atoms with E-state index in [-0.39, 0.29) is 47.7 Å². The highest BCUT2D eigenvalue weighted by atomic mass is 35.5. The molecule has 0 bridgehead atoms. The topological polar surface area (TPSA) is 104 Å². The third-order valence-corrected chi connectivity index (χ3v) is 6.54. The highest BCUT2D eigenvalue weighted by molar-refractivity contribution is 7.89. The fourth-order valence-electron chi connectivity index (χ4n) is 2.72. The van der Waals surface area contributed by atoms with E-state index in [0.29, 0.717) is 0 Å². The van der Waals surface area contributed by atoms with E-state index in [2.05, 4.69) is 4.98 Å². The van der Waals surface area contributed by atoms with Crippen LogP contribution in [0.2, 0.25) is 5.15 Å². The molecule has 0 radical (unpaired) electrons. The van der Waals surface area contributed by atoms with Crippen LogP contribution in [-0.2, 0) is 10.0 Å². The number of benzene rings is 1. The number of aliphatic hydroxyl groups excluding tert-OH is 1. The lowest BCUT2D eigenvalue weighted by molar-refractivity contribution is -0.0273. The van der Waals surface area contributed by atoms with Gasteiger partial charge < -0.3 is 9.84 Å². The molecule has 0 atom stereocenters. The van der Waals surface area contributed by atoms with Gasteiger partial charge in [-0.15, -0.1) is 0 Å². The van der Waals surface area contributed by atoms with Crippen molar-refractivity contribution in [3.8, 4) is 11.8 Å². The highest BCUT2D eigenvalue weighted by Gasteiger charge is 2.49. The van der Waals surface area contributed by atoms with Gasteiger partial charge in [-0.3, -0.25) is 0 Å². The van der Waals surface area contributed by atoms with Crippen LogP contribution in [0.15, 0.2) is 41.4 Å². The minimum absolute atomic E-state index is 0.0123. The molecular weight excluding hydrogens is 397 g/mol. The first-order chi connectivity index (χ1) is 12.8. The van der Waals surface area contributed by atoms with Crippen LogP contribution in [0.4, 0.5) is 4.39 Å². The first-order valence-corrected chi connectivity index (χ1v) is 9.67. The lowest BCUT2D eigenvalue weighted by Crippen LogP contribution is -2.62. The molecule has 1 aromatic carbocycles. The van der Waals surface area contributed by atoms with Gasteiger partial charge in [0.1, 0.15) is 27.7 Å². The predicted octanol–water partition coefficient (Wildman–Crippen LogP) is 1.81. The molecule has 3 rings (SSSR count). The number of halogens is 2. The fourth-order valence-corrected chi connectivity index (χ4v) is 4.82. The van der Waals surface area contributed by atoms with E-state index in [1.165, 1.54) is 34.8 Å². The van der Waals surface area contributed by atoms with Crippen LogP contribution in [0.1, 0.15) is 5.56 Å². The van der Waals surface area contributed by atoms with Crippen LogP contribution >= 0.6 is 11.6 Å². The second-order valence-corrected chi connectivity index (χ2v) is 8.53. The Hall–Kier alpha value is -2.25. The monoisotopic (exact) mass is 411 g/mol. The summed E-state index contributed by atoms with van der Waals surface area (Å²) >= 11 is 5.87. The summed E-state index contributed by atoms with van der Waals surface area (Å²) in [5, 5.41) is 18.3. The highest BCUT2D eigenvalue weighted by Crippen LogP contribution is 2.36. The van der Waals surface area contributed by atoms with Crippen molar-refractivity contribution in [3.05, 3.63) is 53.1 Å². The van der Waals surface area contributed by atoms with Gasteiger partial charge in [0.05, 0.1) is 24.2 Å². The molecule has 1 aliphatic rings. The van der Waals surface area contributed by atoms with Crippen LogP contribution in [0.25, 0.3) is 0 Å². The number of rotatable bonds is 6. The Bertz CT molecular complexity index is 1000. The van der Waals surface area contributed by atoms with E-state index in [1.54, 1.807) is 6.07 Å². The summed E-state index contributed by atoms with van der Waals surface area (Å²) in [6, 6.07) is 8.35. The Labute approximate surface area is 160 Å². The number of aliphatic hydroxyl groups is 1. The van der Waals surface area contributed by atoms with Gasteiger partial charge in [-0.1, -0.05) is 11.6 Å². The number of pyridine rings is 1. The molecule has 0 aliphatic carbocycles. The zero-order valence-corrected chi connectivity index (χ0v) is 15.5. The molecule has 0 saturated carbocycles. The number of hydrogen-bond donors (Lipinski definition) is 1. The second-order valence-electron chi connectivity index (χ2n) is 6.27. The van der Waals surface area contributed by atoms with Gasteiger partial charge >= 0.3 is 0 Å². The van der Waals surface area contributed by atoms with E-state index in [4.69, 9.17) is 21.6 Å². The lowest BCUT2D eigenvalue weighted by atomic mass is 9.83. The Morgan fingerprint density at radius 1 is 1.41 bits per heavy atom. The first-order valence-electron chi connectivity index (χ1n) is 7.85. The number of hydrogen-bond acceptors (Lipinski definition) is 6. The summed E-state index contributed by atoms with van der Waals surface area (Å²) in [4.78, 5) is 3.66. The molecule has 2 heterocycles. The number of ether oxygens (including phenoxy) is 1. The van der Waals surface area contributed by atoms with Gasteiger partial charge in [0, 0.05) is 25.4 Å². The normalized spacial score (nSPS) is 16.4. The average molecular weight is 412 g/mol. The number of sulfonamides is 1. The van der Waals surface area contributed by atoms with E-state index in [1.807, 2.05) is 0 Å². The van der Waals surface area contributed by atoms with Crippen molar-refractivity contribution in [2.24, 2.45) is 5.41 Å². The molecule has 2 aromatic rings. The summed E-state index contributed by atoms with van der Waals surface area (Å²) in [6.07, 6.45) is 1.39. The molecule has 1 fully saturated rings. The predicted molar refractivity (Wildman–Crippen MR) is 94.1 cm³/mol. The van der Waals surface area contributed by atoms with Crippen LogP contribution in [0.3, 0.4) is 0 Å². The Balaban J connectivity index is 1.68. The van der Waals surface area contributed by atoms with Gasteiger partial charge in [0.25, 0.3) is 0 Å². The Kier molecular flexibility index (Phi) is 5.35. The SMILES string of the molecule is N#Cc1ccc(OCC2(CO)CN(S(=O)(=O)c3cccnc3Cl)C2)cc1F.